The van der Waals surface area contributed by atoms with Gasteiger partial charge in [-0.25, -0.2) is 0 Å². The maximum atomic E-state index is 5.66. The molecular weight excluding hydrogens is 224 g/mol. The van der Waals surface area contributed by atoms with Crippen LogP contribution in [0.4, 0.5) is 0 Å². The summed E-state index contributed by atoms with van der Waals surface area (Å²) in [7, 11) is 0. The van der Waals surface area contributed by atoms with E-state index in [9.17, 15) is 0 Å². The van der Waals surface area contributed by atoms with Gasteiger partial charge in [-0.2, -0.15) is 0 Å². The fourth-order valence-electron chi connectivity index (χ4n) is 3.33. The highest BCUT2D eigenvalue weighted by Gasteiger charge is 2.37. The first-order chi connectivity index (χ1) is 8.70. The third-order valence-electron chi connectivity index (χ3n) is 4.23. The van der Waals surface area contributed by atoms with Crippen LogP contribution in [-0.2, 0) is 4.74 Å². The highest BCUT2D eigenvalue weighted by molar-refractivity contribution is 4.97. The fraction of sp³-hybridized carbons (Fsp3) is 1.00. The topological polar surface area (TPSA) is 24.5 Å². The molecule has 0 unspecified atom stereocenters. The second kappa shape index (κ2) is 6.88. The molecule has 1 heterocycles. The van der Waals surface area contributed by atoms with Gasteiger partial charge < -0.3 is 15.0 Å². The van der Waals surface area contributed by atoms with E-state index in [1.54, 1.807) is 0 Å². The van der Waals surface area contributed by atoms with Gasteiger partial charge in [-0.05, 0) is 25.2 Å². The second-order valence-corrected chi connectivity index (χ2v) is 6.51. The van der Waals surface area contributed by atoms with Gasteiger partial charge in [0.2, 0.25) is 0 Å². The van der Waals surface area contributed by atoms with Crippen molar-refractivity contribution in [3.63, 3.8) is 0 Å². The second-order valence-electron chi connectivity index (χ2n) is 6.51. The Morgan fingerprint density at radius 2 is 2.06 bits per heavy atom. The number of nitrogens with one attached hydrogen (secondary N) is 1. The smallest absolute Gasteiger partial charge is 0.0489 e. The monoisotopic (exact) mass is 254 g/mol. The van der Waals surface area contributed by atoms with Crippen molar-refractivity contribution in [1.29, 1.82) is 0 Å². The van der Waals surface area contributed by atoms with Crippen molar-refractivity contribution in [2.24, 2.45) is 5.92 Å². The largest absolute Gasteiger partial charge is 0.381 e. The van der Waals surface area contributed by atoms with E-state index < -0.39 is 0 Å². The molecule has 1 aliphatic carbocycles. The van der Waals surface area contributed by atoms with E-state index in [0.717, 1.165) is 13.2 Å². The molecule has 0 aromatic carbocycles. The van der Waals surface area contributed by atoms with Crippen LogP contribution >= 0.6 is 0 Å². The Bertz CT molecular complexity index is 237. The molecule has 0 amide bonds. The predicted molar refractivity (Wildman–Crippen MR) is 75.9 cm³/mol. The molecule has 1 spiro atoms. The molecule has 2 aliphatic rings. The van der Waals surface area contributed by atoms with Crippen molar-refractivity contribution in [2.45, 2.75) is 51.5 Å². The molecule has 0 aromatic rings. The average Bonchev–Trinajstić information content (AvgIpc) is 2.76. The summed E-state index contributed by atoms with van der Waals surface area (Å²) in [5, 5.41) is 3.77. The first-order valence-corrected chi connectivity index (χ1v) is 7.75. The number of nitrogens with zero attached hydrogens (tertiary/aromatic N) is 1. The zero-order chi connectivity index (χ0) is 12.8. The predicted octanol–water partition coefficient (Wildman–Crippen LogP) is 2.27. The van der Waals surface area contributed by atoms with Crippen LogP contribution in [0.5, 0.6) is 0 Å². The standard InChI is InChI=1S/C15H30N2O/c1-14(2)12-18-11-5-9-17-10-8-16-15(13-17)6-3-4-7-15/h14,16H,3-13H2,1-2H3. The van der Waals surface area contributed by atoms with E-state index in [-0.39, 0.29) is 0 Å². The molecule has 0 atom stereocenters. The van der Waals surface area contributed by atoms with Gasteiger partial charge in [0.15, 0.2) is 0 Å². The first-order valence-electron chi connectivity index (χ1n) is 7.75. The summed E-state index contributed by atoms with van der Waals surface area (Å²) in [5.74, 6) is 0.658. The Balaban J connectivity index is 1.61. The van der Waals surface area contributed by atoms with E-state index in [2.05, 4.69) is 24.1 Å². The van der Waals surface area contributed by atoms with Crippen LogP contribution in [0.15, 0.2) is 0 Å². The molecule has 0 bridgehead atoms. The van der Waals surface area contributed by atoms with Crippen LogP contribution in [-0.4, -0.2) is 49.8 Å². The van der Waals surface area contributed by atoms with Crippen LogP contribution in [0.1, 0.15) is 46.0 Å². The van der Waals surface area contributed by atoms with Crippen molar-refractivity contribution >= 4 is 0 Å². The minimum absolute atomic E-state index is 0.469. The Morgan fingerprint density at radius 3 is 2.78 bits per heavy atom. The molecule has 2 rings (SSSR count). The molecule has 1 aliphatic heterocycles. The van der Waals surface area contributed by atoms with Gasteiger partial charge in [-0.3, -0.25) is 0 Å². The van der Waals surface area contributed by atoms with Crippen molar-refractivity contribution in [2.75, 3.05) is 39.4 Å². The molecule has 1 N–H and O–H groups in total. The quantitative estimate of drug-likeness (QED) is 0.736. The fourth-order valence-corrected chi connectivity index (χ4v) is 3.33. The number of hydrogen-bond donors (Lipinski definition) is 1. The minimum Gasteiger partial charge on any atom is -0.381 e. The van der Waals surface area contributed by atoms with Crippen molar-refractivity contribution in [1.82, 2.24) is 10.2 Å². The van der Waals surface area contributed by atoms with Gasteiger partial charge in [0, 0.05) is 44.9 Å². The average molecular weight is 254 g/mol. The van der Waals surface area contributed by atoms with Crippen LogP contribution in [0.2, 0.25) is 0 Å². The number of ether oxygens (including phenoxy) is 1. The third-order valence-corrected chi connectivity index (χ3v) is 4.23. The van der Waals surface area contributed by atoms with Gasteiger partial charge in [0.05, 0.1) is 0 Å². The van der Waals surface area contributed by atoms with E-state index in [0.29, 0.717) is 11.5 Å². The van der Waals surface area contributed by atoms with E-state index >= 15 is 0 Å². The lowest BCUT2D eigenvalue weighted by Crippen LogP contribution is -2.59. The van der Waals surface area contributed by atoms with Gasteiger partial charge in [0.25, 0.3) is 0 Å². The zero-order valence-electron chi connectivity index (χ0n) is 12.2. The van der Waals surface area contributed by atoms with Gasteiger partial charge in [-0.15, -0.1) is 0 Å². The van der Waals surface area contributed by atoms with Gasteiger partial charge in [-0.1, -0.05) is 26.7 Å². The van der Waals surface area contributed by atoms with Crippen LogP contribution in [0.3, 0.4) is 0 Å². The van der Waals surface area contributed by atoms with Crippen molar-refractivity contribution < 1.29 is 4.74 Å². The summed E-state index contributed by atoms with van der Waals surface area (Å²) in [6, 6.07) is 0. The molecule has 1 saturated heterocycles. The van der Waals surface area contributed by atoms with Crippen LogP contribution in [0.25, 0.3) is 0 Å². The lowest BCUT2D eigenvalue weighted by Gasteiger charge is -2.41. The maximum Gasteiger partial charge on any atom is 0.0489 e. The van der Waals surface area contributed by atoms with Crippen molar-refractivity contribution in [3.8, 4) is 0 Å². The van der Waals surface area contributed by atoms with Gasteiger partial charge >= 0.3 is 0 Å². The first kappa shape index (κ1) is 14.3. The Labute approximate surface area is 112 Å². The van der Waals surface area contributed by atoms with E-state index in [1.807, 2.05) is 0 Å². The van der Waals surface area contributed by atoms with Gasteiger partial charge in [0.1, 0.15) is 0 Å². The molecule has 0 radical (unpaired) electrons. The highest BCUT2D eigenvalue weighted by Crippen LogP contribution is 2.31. The number of rotatable bonds is 6. The molecule has 2 fully saturated rings. The minimum atomic E-state index is 0.469. The molecule has 0 aromatic heterocycles. The molecule has 3 nitrogen and oxygen atoms in total. The molecule has 18 heavy (non-hydrogen) atoms. The SMILES string of the molecule is CC(C)COCCCN1CCNC2(CCCC2)C1. The molecule has 106 valence electrons. The van der Waals surface area contributed by atoms with Crippen LogP contribution in [0, 0.1) is 5.92 Å². The third kappa shape index (κ3) is 4.22. The summed E-state index contributed by atoms with van der Waals surface area (Å²) in [6.45, 7) is 11.1. The molecule has 1 saturated carbocycles. The summed E-state index contributed by atoms with van der Waals surface area (Å²) in [4.78, 5) is 2.64. The lowest BCUT2D eigenvalue weighted by atomic mass is 9.94. The van der Waals surface area contributed by atoms with E-state index in [1.165, 1.54) is 58.3 Å². The normalized spacial score (nSPS) is 24.2. The number of hydrogen-bond acceptors (Lipinski definition) is 3. The molecule has 3 heteroatoms. The van der Waals surface area contributed by atoms with Crippen molar-refractivity contribution in [3.05, 3.63) is 0 Å². The molecular formula is C15H30N2O. The summed E-state index contributed by atoms with van der Waals surface area (Å²) in [5.41, 5.74) is 0.469. The zero-order valence-corrected chi connectivity index (χ0v) is 12.2. The summed E-state index contributed by atoms with van der Waals surface area (Å²) >= 11 is 0. The Hall–Kier alpha value is -0.120. The lowest BCUT2D eigenvalue weighted by molar-refractivity contribution is 0.0854. The number of piperazine rings is 1. The summed E-state index contributed by atoms with van der Waals surface area (Å²) < 4.78 is 5.66. The maximum absolute atomic E-state index is 5.66. The van der Waals surface area contributed by atoms with E-state index in [4.69, 9.17) is 4.74 Å². The Morgan fingerprint density at radius 1 is 1.28 bits per heavy atom. The van der Waals surface area contributed by atoms with Crippen LogP contribution < -0.4 is 5.32 Å². The Kier molecular flexibility index (Phi) is 5.46. The highest BCUT2D eigenvalue weighted by atomic mass is 16.5. The summed E-state index contributed by atoms with van der Waals surface area (Å²) in [6.07, 6.45) is 6.78.